The highest BCUT2D eigenvalue weighted by Crippen LogP contribution is 2.33. The maximum absolute atomic E-state index is 13.4. The van der Waals surface area contributed by atoms with Crippen LogP contribution in [0.3, 0.4) is 0 Å². The number of hydrogen-bond acceptors (Lipinski definition) is 3. The zero-order valence-electron chi connectivity index (χ0n) is 10.1. The lowest BCUT2D eigenvalue weighted by molar-refractivity contribution is 0.607. The van der Waals surface area contributed by atoms with E-state index in [9.17, 15) is 4.39 Å². The molecule has 2 nitrogen and oxygen atoms in total. The summed E-state index contributed by atoms with van der Waals surface area (Å²) in [4.78, 5) is 0. The van der Waals surface area contributed by atoms with Crippen molar-refractivity contribution < 1.29 is 4.39 Å². The molecule has 1 heterocycles. The standard InChI is InChI=1S/C15H13FN2S/c16-11-5-3-4-10(8-11)15(18-17)13-9-19-14-7-2-1-6-12(13)14/h1-9,15,18H,17H2. The second-order valence-corrected chi connectivity index (χ2v) is 5.25. The van der Waals surface area contributed by atoms with E-state index < -0.39 is 0 Å². The molecule has 0 aliphatic carbocycles. The molecule has 0 aliphatic heterocycles. The van der Waals surface area contributed by atoms with Crippen molar-refractivity contribution >= 4 is 21.4 Å². The van der Waals surface area contributed by atoms with Gasteiger partial charge in [-0.1, -0.05) is 30.3 Å². The first-order chi connectivity index (χ1) is 9.29. The van der Waals surface area contributed by atoms with Crippen molar-refractivity contribution in [3.05, 3.63) is 70.9 Å². The molecule has 4 heteroatoms. The molecular formula is C15H13FN2S. The monoisotopic (exact) mass is 272 g/mol. The highest BCUT2D eigenvalue weighted by molar-refractivity contribution is 7.17. The molecule has 0 amide bonds. The Labute approximate surface area is 114 Å². The molecule has 1 aromatic heterocycles. The Hall–Kier alpha value is -1.75. The van der Waals surface area contributed by atoms with Crippen molar-refractivity contribution in [2.75, 3.05) is 0 Å². The van der Waals surface area contributed by atoms with E-state index in [1.54, 1.807) is 17.4 Å². The fourth-order valence-electron chi connectivity index (χ4n) is 2.27. The van der Waals surface area contributed by atoms with Gasteiger partial charge in [-0.25, -0.2) is 9.82 Å². The van der Waals surface area contributed by atoms with Gasteiger partial charge < -0.3 is 0 Å². The molecule has 96 valence electrons. The van der Waals surface area contributed by atoms with Crippen LogP contribution in [0.4, 0.5) is 4.39 Å². The van der Waals surface area contributed by atoms with Crippen LogP contribution in [0.5, 0.6) is 0 Å². The van der Waals surface area contributed by atoms with Crippen LogP contribution >= 0.6 is 11.3 Å². The van der Waals surface area contributed by atoms with E-state index in [2.05, 4.69) is 22.9 Å². The molecule has 3 N–H and O–H groups in total. The van der Waals surface area contributed by atoms with E-state index in [0.717, 1.165) is 16.5 Å². The third kappa shape index (κ3) is 2.26. The van der Waals surface area contributed by atoms with Gasteiger partial charge in [0.25, 0.3) is 0 Å². The molecule has 0 saturated heterocycles. The second kappa shape index (κ2) is 5.09. The molecule has 0 aliphatic rings. The van der Waals surface area contributed by atoms with E-state index in [1.165, 1.54) is 16.8 Å². The van der Waals surface area contributed by atoms with Crippen LogP contribution in [-0.2, 0) is 0 Å². The number of nitrogens with one attached hydrogen (secondary N) is 1. The third-order valence-electron chi connectivity index (χ3n) is 3.17. The summed E-state index contributed by atoms with van der Waals surface area (Å²) in [5.41, 5.74) is 4.68. The number of halogens is 1. The van der Waals surface area contributed by atoms with Crippen molar-refractivity contribution in [1.82, 2.24) is 5.43 Å². The number of nitrogens with two attached hydrogens (primary N) is 1. The van der Waals surface area contributed by atoms with Gasteiger partial charge in [-0.15, -0.1) is 11.3 Å². The Bertz CT molecular complexity index is 708. The minimum atomic E-state index is -0.253. The molecule has 2 aromatic carbocycles. The van der Waals surface area contributed by atoms with Crippen LogP contribution in [0.15, 0.2) is 53.9 Å². The quantitative estimate of drug-likeness (QED) is 0.565. The van der Waals surface area contributed by atoms with Crippen LogP contribution in [-0.4, -0.2) is 0 Å². The van der Waals surface area contributed by atoms with Gasteiger partial charge in [0.2, 0.25) is 0 Å². The van der Waals surface area contributed by atoms with Gasteiger partial charge in [0.05, 0.1) is 6.04 Å². The molecular weight excluding hydrogens is 259 g/mol. The topological polar surface area (TPSA) is 38.0 Å². The molecule has 1 unspecified atom stereocenters. The maximum atomic E-state index is 13.4. The summed E-state index contributed by atoms with van der Waals surface area (Å²) in [7, 11) is 0. The van der Waals surface area contributed by atoms with Gasteiger partial charge in [-0.05, 0) is 40.1 Å². The summed E-state index contributed by atoms with van der Waals surface area (Å²) in [5, 5.41) is 3.22. The number of fused-ring (bicyclic) bond motifs is 1. The summed E-state index contributed by atoms with van der Waals surface area (Å²) in [5.74, 6) is 5.42. The highest BCUT2D eigenvalue weighted by atomic mass is 32.1. The average molecular weight is 272 g/mol. The van der Waals surface area contributed by atoms with Crippen LogP contribution in [0.1, 0.15) is 17.2 Å². The number of hydrazine groups is 1. The molecule has 0 radical (unpaired) electrons. The molecule has 0 bridgehead atoms. The lowest BCUT2D eigenvalue weighted by Gasteiger charge is -2.16. The minimum absolute atomic E-state index is 0.202. The zero-order valence-corrected chi connectivity index (χ0v) is 11.0. The van der Waals surface area contributed by atoms with Crippen LogP contribution in [0, 0.1) is 5.82 Å². The van der Waals surface area contributed by atoms with Crippen LogP contribution < -0.4 is 11.3 Å². The van der Waals surface area contributed by atoms with Crippen molar-refractivity contribution in [3.63, 3.8) is 0 Å². The first-order valence-corrected chi connectivity index (χ1v) is 6.85. The van der Waals surface area contributed by atoms with Gasteiger partial charge in [-0.2, -0.15) is 0 Å². The summed E-state index contributed by atoms with van der Waals surface area (Å²) in [6.07, 6.45) is 0. The van der Waals surface area contributed by atoms with Gasteiger partial charge in [-0.3, -0.25) is 5.84 Å². The lowest BCUT2D eigenvalue weighted by Crippen LogP contribution is -2.28. The van der Waals surface area contributed by atoms with Gasteiger partial charge in [0.1, 0.15) is 5.82 Å². The molecule has 0 saturated carbocycles. The van der Waals surface area contributed by atoms with Gasteiger partial charge >= 0.3 is 0 Å². The Kier molecular flexibility index (Phi) is 3.29. The predicted molar refractivity (Wildman–Crippen MR) is 77.4 cm³/mol. The first-order valence-electron chi connectivity index (χ1n) is 5.97. The fourth-order valence-corrected chi connectivity index (χ4v) is 3.26. The molecule has 19 heavy (non-hydrogen) atoms. The van der Waals surface area contributed by atoms with Crippen molar-refractivity contribution in [2.45, 2.75) is 6.04 Å². The summed E-state index contributed by atoms with van der Waals surface area (Å²) in [6, 6.07) is 14.5. The van der Waals surface area contributed by atoms with E-state index >= 15 is 0 Å². The van der Waals surface area contributed by atoms with Crippen LogP contribution in [0.25, 0.3) is 10.1 Å². The number of rotatable bonds is 3. The smallest absolute Gasteiger partial charge is 0.123 e. The minimum Gasteiger partial charge on any atom is -0.271 e. The van der Waals surface area contributed by atoms with Crippen molar-refractivity contribution in [2.24, 2.45) is 5.84 Å². The second-order valence-electron chi connectivity index (χ2n) is 4.34. The van der Waals surface area contributed by atoms with Gasteiger partial charge in [0, 0.05) is 4.70 Å². The SMILES string of the molecule is NNC(c1cccc(F)c1)c1csc2ccccc12. The Morgan fingerprint density at radius 2 is 1.95 bits per heavy atom. The van der Waals surface area contributed by atoms with Crippen molar-refractivity contribution in [3.8, 4) is 0 Å². The number of thiophene rings is 1. The predicted octanol–water partition coefficient (Wildman–Crippen LogP) is 3.59. The number of hydrogen-bond donors (Lipinski definition) is 2. The third-order valence-corrected chi connectivity index (χ3v) is 4.15. The molecule has 0 spiro atoms. The lowest BCUT2D eigenvalue weighted by atomic mass is 9.99. The normalized spacial score (nSPS) is 12.7. The van der Waals surface area contributed by atoms with Crippen LogP contribution in [0.2, 0.25) is 0 Å². The van der Waals surface area contributed by atoms with Gasteiger partial charge in [0.15, 0.2) is 0 Å². The van der Waals surface area contributed by atoms with E-state index in [0.29, 0.717) is 0 Å². The zero-order chi connectivity index (χ0) is 13.2. The summed E-state index contributed by atoms with van der Waals surface area (Å²) < 4.78 is 14.6. The Morgan fingerprint density at radius 3 is 2.74 bits per heavy atom. The molecule has 3 rings (SSSR count). The summed E-state index contributed by atoms with van der Waals surface area (Å²) in [6.45, 7) is 0. The largest absolute Gasteiger partial charge is 0.271 e. The Morgan fingerprint density at radius 1 is 1.11 bits per heavy atom. The fraction of sp³-hybridized carbons (Fsp3) is 0.0667. The molecule has 1 atom stereocenters. The van der Waals surface area contributed by atoms with E-state index in [4.69, 9.17) is 5.84 Å². The van der Waals surface area contributed by atoms with Crippen molar-refractivity contribution in [1.29, 1.82) is 0 Å². The van der Waals surface area contributed by atoms with E-state index in [1.807, 2.05) is 18.2 Å². The molecule has 3 aromatic rings. The molecule has 0 fully saturated rings. The first kappa shape index (κ1) is 12.3. The van der Waals surface area contributed by atoms with E-state index in [-0.39, 0.29) is 11.9 Å². The average Bonchev–Trinajstić information content (AvgIpc) is 2.84. The number of benzene rings is 2. The highest BCUT2D eigenvalue weighted by Gasteiger charge is 2.16. The Balaban J connectivity index is 2.12. The summed E-state index contributed by atoms with van der Waals surface area (Å²) >= 11 is 1.67. The maximum Gasteiger partial charge on any atom is 0.123 e.